The zero-order chi connectivity index (χ0) is 11.7. The van der Waals surface area contributed by atoms with Crippen LogP contribution in [0.4, 0.5) is 0 Å². The van der Waals surface area contributed by atoms with E-state index in [2.05, 4.69) is 35.7 Å². The Balaban J connectivity index is 1.70. The fourth-order valence-corrected chi connectivity index (χ4v) is 3.58. The van der Waals surface area contributed by atoms with Gasteiger partial charge in [-0.2, -0.15) is 5.26 Å². The number of fused-ring (bicyclic) bond motifs is 2. The predicted octanol–water partition coefficient (Wildman–Crippen LogP) is 2.86. The molecule has 0 heterocycles. The Kier molecular flexibility index (Phi) is 2.64. The van der Waals surface area contributed by atoms with E-state index in [-0.39, 0.29) is 5.54 Å². The maximum Gasteiger partial charge on any atom is 0.110 e. The second-order valence-electron chi connectivity index (χ2n) is 5.50. The molecule has 1 N–H and O–H groups in total. The van der Waals surface area contributed by atoms with Gasteiger partial charge in [-0.1, -0.05) is 30.3 Å². The van der Waals surface area contributed by atoms with Crippen LogP contribution in [-0.4, -0.2) is 5.54 Å². The first-order chi connectivity index (χ1) is 8.32. The minimum absolute atomic E-state index is 0.237. The number of rotatable bonds is 3. The molecule has 1 aromatic rings. The Morgan fingerprint density at radius 2 is 2.12 bits per heavy atom. The second kappa shape index (κ2) is 4.16. The van der Waals surface area contributed by atoms with Crippen molar-refractivity contribution in [2.75, 3.05) is 0 Å². The molecule has 0 aromatic heterocycles. The van der Waals surface area contributed by atoms with Crippen LogP contribution in [0, 0.1) is 23.2 Å². The summed E-state index contributed by atoms with van der Waals surface area (Å²) in [6.07, 6.45) is 4.89. The molecule has 2 fully saturated rings. The Labute approximate surface area is 103 Å². The fourth-order valence-electron chi connectivity index (χ4n) is 3.58. The van der Waals surface area contributed by atoms with Gasteiger partial charge in [0.15, 0.2) is 0 Å². The monoisotopic (exact) mass is 226 g/mol. The molecule has 17 heavy (non-hydrogen) atoms. The first-order valence-corrected chi connectivity index (χ1v) is 6.52. The highest BCUT2D eigenvalue weighted by molar-refractivity contribution is 5.21. The molecule has 2 heteroatoms. The molecule has 2 saturated carbocycles. The summed E-state index contributed by atoms with van der Waals surface area (Å²) in [5.41, 5.74) is 1.03. The van der Waals surface area contributed by atoms with Gasteiger partial charge >= 0.3 is 0 Å². The summed E-state index contributed by atoms with van der Waals surface area (Å²) in [6, 6.07) is 12.9. The summed E-state index contributed by atoms with van der Waals surface area (Å²) in [5.74, 6) is 1.38. The van der Waals surface area contributed by atoms with Gasteiger partial charge in [0.2, 0.25) is 0 Å². The molecule has 0 spiro atoms. The van der Waals surface area contributed by atoms with Crippen LogP contribution in [0.15, 0.2) is 30.3 Å². The van der Waals surface area contributed by atoms with Crippen LogP contribution in [0.2, 0.25) is 0 Å². The third-order valence-electron chi connectivity index (χ3n) is 4.50. The molecule has 0 radical (unpaired) electrons. The van der Waals surface area contributed by atoms with Gasteiger partial charge in [-0.15, -0.1) is 0 Å². The molecule has 2 aliphatic carbocycles. The number of benzene rings is 1. The maximum absolute atomic E-state index is 9.50. The smallest absolute Gasteiger partial charge is 0.110 e. The zero-order valence-electron chi connectivity index (χ0n) is 10.0. The van der Waals surface area contributed by atoms with Crippen LogP contribution in [0.5, 0.6) is 0 Å². The quantitative estimate of drug-likeness (QED) is 0.860. The van der Waals surface area contributed by atoms with E-state index in [0.717, 1.165) is 18.9 Å². The summed E-state index contributed by atoms with van der Waals surface area (Å²) in [7, 11) is 0. The van der Waals surface area contributed by atoms with Crippen molar-refractivity contribution in [3.63, 3.8) is 0 Å². The van der Waals surface area contributed by atoms with Crippen molar-refractivity contribution in [2.24, 2.45) is 11.8 Å². The Morgan fingerprint density at radius 1 is 1.29 bits per heavy atom. The highest BCUT2D eigenvalue weighted by atomic mass is 15.0. The van der Waals surface area contributed by atoms with Crippen molar-refractivity contribution in [1.29, 1.82) is 5.26 Å². The van der Waals surface area contributed by atoms with E-state index in [4.69, 9.17) is 0 Å². The topological polar surface area (TPSA) is 35.8 Å². The molecule has 1 aromatic carbocycles. The maximum atomic E-state index is 9.50. The third kappa shape index (κ3) is 1.85. The summed E-state index contributed by atoms with van der Waals surface area (Å²) in [5, 5.41) is 13.0. The lowest BCUT2D eigenvalue weighted by molar-refractivity contribution is 0.273. The molecular weight excluding hydrogens is 208 g/mol. The van der Waals surface area contributed by atoms with Gasteiger partial charge in [-0.05, 0) is 43.1 Å². The van der Waals surface area contributed by atoms with Crippen molar-refractivity contribution >= 4 is 0 Å². The first kappa shape index (κ1) is 10.8. The molecule has 88 valence electrons. The molecular formula is C15H18N2. The lowest BCUT2D eigenvalue weighted by atomic mass is 9.82. The van der Waals surface area contributed by atoms with E-state index in [1.165, 1.54) is 24.8 Å². The number of hydrogen-bond acceptors (Lipinski definition) is 2. The van der Waals surface area contributed by atoms with Gasteiger partial charge in [0.25, 0.3) is 0 Å². The van der Waals surface area contributed by atoms with E-state index in [9.17, 15) is 5.26 Å². The van der Waals surface area contributed by atoms with E-state index in [1.54, 1.807) is 0 Å². The molecule has 3 rings (SSSR count). The lowest BCUT2D eigenvalue weighted by Gasteiger charge is -2.32. The van der Waals surface area contributed by atoms with Gasteiger partial charge in [-0.25, -0.2) is 0 Å². The normalized spacial score (nSPS) is 34.8. The molecule has 2 aliphatic rings. The molecule has 3 unspecified atom stereocenters. The third-order valence-corrected chi connectivity index (χ3v) is 4.50. The summed E-state index contributed by atoms with van der Waals surface area (Å²) < 4.78 is 0. The van der Waals surface area contributed by atoms with E-state index < -0.39 is 0 Å². The number of nitrogens with zero attached hydrogens (tertiary/aromatic N) is 1. The summed E-state index contributed by atoms with van der Waals surface area (Å²) in [6.45, 7) is 0.817. The second-order valence-corrected chi connectivity index (χ2v) is 5.50. The minimum Gasteiger partial charge on any atom is -0.295 e. The van der Waals surface area contributed by atoms with E-state index >= 15 is 0 Å². The van der Waals surface area contributed by atoms with Crippen LogP contribution in [-0.2, 0) is 6.54 Å². The van der Waals surface area contributed by atoms with Gasteiger partial charge < -0.3 is 0 Å². The minimum atomic E-state index is -0.237. The largest absolute Gasteiger partial charge is 0.295 e. The Hall–Kier alpha value is -1.33. The van der Waals surface area contributed by atoms with Gasteiger partial charge in [0, 0.05) is 6.54 Å². The van der Waals surface area contributed by atoms with Crippen molar-refractivity contribution in [1.82, 2.24) is 5.32 Å². The van der Waals surface area contributed by atoms with Crippen LogP contribution in [0.25, 0.3) is 0 Å². The van der Waals surface area contributed by atoms with Crippen molar-refractivity contribution < 1.29 is 0 Å². The van der Waals surface area contributed by atoms with Crippen molar-refractivity contribution in [3.05, 3.63) is 35.9 Å². The van der Waals surface area contributed by atoms with Crippen LogP contribution in [0.1, 0.15) is 31.2 Å². The molecule has 2 bridgehead atoms. The highest BCUT2D eigenvalue weighted by Crippen LogP contribution is 2.50. The molecule has 0 amide bonds. The van der Waals surface area contributed by atoms with Crippen LogP contribution < -0.4 is 5.32 Å². The van der Waals surface area contributed by atoms with Crippen LogP contribution in [0.3, 0.4) is 0 Å². The highest BCUT2D eigenvalue weighted by Gasteiger charge is 2.51. The summed E-state index contributed by atoms with van der Waals surface area (Å²) in [4.78, 5) is 0. The molecule has 2 nitrogen and oxygen atoms in total. The predicted molar refractivity (Wildman–Crippen MR) is 67.1 cm³/mol. The number of nitriles is 1. The van der Waals surface area contributed by atoms with E-state index in [0.29, 0.717) is 5.92 Å². The molecule has 0 saturated heterocycles. The standard InChI is InChI=1S/C15H18N2/c16-11-15(9-13-6-7-14(15)8-13)17-10-12-4-2-1-3-5-12/h1-5,13-14,17H,6-10H2. The van der Waals surface area contributed by atoms with Gasteiger partial charge in [0.1, 0.15) is 5.54 Å². The lowest BCUT2D eigenvalue weighted by Crippen LogP contribution is -2.47. The van der Waals surface area contributed by atoms with Gasteiger partial charge in [0.05, 0.1) is 6.07 Å². The Bertz CT molecular complexity index is 434. The van der Waals surface area contributed by atoms with Gasteiger partial charge in [-0.3, -0.25) is 5.32 Å². The molecule has 3 atom stereocenters. The average Bonchev–Trinajstić information content (AvgIpc) is 2.98. The zero-order valence-corrected chi connectivity index (χ0v) is 10.0. The van der Waals surface area contributed by atoms with Crippen molar-refractivity contribution in [3.8, 4) is 6.07 Å². The summed E-state index contributed by atoms with van der Waals surface area (Å²) >= 11 is 0. The average molecular weight is 226 g/mol. The number of nitrogens with one attached hydrogen (secondary N) is 1. The van der Waals surface area contributed by atoms with Crippen LogP contribution >= 0.6 is 0 Å². The molecule has 0 aliphatic heterocycles. The first-order valence-electron chi connectivity index (χ1n) is 6.52. The number of hydrogen-bond donors (Lipinski definition) is 1. The van der Waals surface area contributed by atoms with Crippen molar-refractivity contribution in [2.45, 2.75) is 37.8 Å². The van der Waals surface area contributed by atoms with E-state index in [1.807, 2.05) is 6.07 Å². The Morgan fingerprint density at radius 3 is 2.71 bits per heavy atom. The fraction of sp³-hybridized carbons (Fsp3) is 0.533. The SMILES string of the molecule is N#CC1(NCc2ccccc2)CC2CCC1C2.